The van der Waals surface area contributed by atoms with Crippen LogP contribution in [0.25, 0.3) is 0 Å². The van der Waals surface area contributed by atoms with Gasteiger partial charge in [0.1, 0.15) is 18.4 Å². The quantitative estimate of drug-likeness (QED) is 0.397. The number of carbonyl (C=O) groups excluding carboxylic acids is 2. The Kier molecular flexibility index (Phi) is 10.3. The van der Waals surface area contributed by atoms with Crippen molar-refractivity contribution in [2.45, 2.75) is 39.8 Å². The fourth-order valence-corrected chi connectivity index (χ4v) is 4.56. The number of benzene rings is 2. The fourth-order valence-electron chi connectivity index (χ4n) is 3.35. The summed E-state index contributed by atoms with van der Waals surface area (Å²) in [5, 5.41) is 2.86. The molecule has 0 radical (unpaired) electrons. The van der Waals surface area contributed by atoms with Crippen LogP contribution in [0.2, 0.25) is 0 Å². The van der Waals surface area contributed by atoms with E-state index in [1.807, 2.05) is 13.8 Å². The Labute approximate surface area is 214 Å². The molecule has 0 spiro atoms. The van der Waals surface area contributed by atoms with E-state index in [0.29, 0.717) is 24.2 Å². The van der Waals surface area contributed by atoms with Crippen molar-refractivity contribution in [3.05, 3.63) is 63.5 Å². The van der Waals surface area contributed by atoms with Crippen LogP contribution in [0.3, 0.4) is 0 Å². The van der Waals surface area contributed by atoms with E-state index in [2.05, 4.69) is 27.9 Å². The van der Waals surface area contributed by atoms with Crippen LogP contribution < -0.4 is 9.62 Å². The zero-order valence-electron chi connectivity index (χ0n) is 19.8. The normalized spacial score (nSPS) is 12.3. The summed E-state index contributed by atoms with van der Waals surface area (Å²) in [5.41, 5.74) is 0.986. The highest BCUT2D eigenvalue weighted by Crippen LogP contribution is 2.21. The van der Waals surface area contributed by atoms with Crippen molar-refractivity contribution in [3.8, 4) is 0 Å². The highest BCUT2D eigenvalue weighted by molar-refractivity contribution is 14.1. The Morgan fingerprint density at radius 1 is 1.06 bits per heavy atom. The predicted molar refractivity (Wildman–Crippen MR) is 140 cm³/mol. The van der Waals surface area contributed by atoms with Crippen LogP contribution in [0.1, 0.15) is 32.8 Å². The topological polar surface area (TPSA) is 86.8 Å². The van der Waals surface area contributed by atoms with Crippen molar-refractivity contribution in [3.63, 3.8) is 0 Å². The monoisotopic (exact) mass is 603 g/mol. The molecule has 0 aliphatic rings. The molecule has 0 aliphatic heterocycles. The number of rotatable bonds is 11. The van der Waals surface area contributed by atoms with Gasteiger partial charge in [0.15, 0.2) is 0 Å². The molecule has 34 heavy (non-hydrogen) atoms. The van der Waals surface area contributed by atoms with Gasteiger partial charge in [0.05, 0.1) is 11.9 Å². The second kappa shape index (κ2) is 12.5. The molecule has 1 N–H and O–H groups in total. The zero-order valence-corrected chi connectivity index (χ0v) is 22.8. The molecule has 0 aromatic heterocycles. The summed E-state index contributed by atoms with van der Waals surface area (Å²) in [7, 11) is -3.78. The first-order valence-electron chi connectivity index (χ1n) is 11.0. The average Bonchev–Trinajstić information content (AvgIpc) is 2.77. The number of halogens is 2. The number of anilines is 1. The van der Waals surface area contributed by atoms with Crippen LogP contribution in [0.15, 0.2) is 48.5 Å². The van der Waals surface area contributed by atoms with Gasteiger partial charge in [-0.15, -0.1) is 0 Å². The molecule has 186 valence electrons. The van der Waals surface area contributed by atoms with Gasteiger partial charge in [-0.2, -0.15) is 0 Å². The molecule has 0 heterocycles. The molecule has 0 unspecified atom stereocenters. The third-order valence-electron chi connectivity index (χ3n) is 5.13. The van der Waals surface area contributed by atoms with Crippen LogP contribution in [0, 0.1) is 15.3 Å². The molecule has 2 aromatic rings. The van der Waals surface area contributed by atoms with Crippen LogP contribution in [0.4, 0.5) is 10.1 Å². The third kappa shape index (κ3) is 8.23. The molecule has 1 atom stereocenters. The van der Waals surface area contributed by atoms with Gasteiger partial charge < -0.3 is 10.2 Å². The average molecular weight is 603 g/mol. The largest absolute Gasteiger partial charge is 0.354 e. The maximum absolute atomic E-state index is 13.5. The van der Waals surface area contributed by atoms with E-state index < -0.39 is 34.3 Å². The van der Waals surface area contributed by atoms with Crippen molar-refractivity contribution in [2.24, 2.45) is 5.92 Å². The van der Waals surface area contributed by atoms with Crippen LogP contribution in [-0.2, 0) is 26.2 Å². The molecule has 10 heteroatoms. The summed E-state index contributed by atoms with van der Waals surface area (Å²) < 4.78 is 40.5. The summed E-state index contributed by atoms with van der Waals surface area (Å²) in [6.07, 6.45) is 1.37. The maximum atomic E-state index is 13.5. The van der Waals surface area contributed by atoms with Gasteiger partial charge in [-0.1, -0.05) is 32.9 Å². The van der Waals surface area contributed by atoms with E-state index in [1.165, 1.54) is 17.0 Å². The lowest BCUT2D eigenvalue weighted by atomic mass is 10.1. The van der Waals surface area contributed by atoms with E-state index in [-0.39, 0.29) is 18.4 Å². The molecule has 0 bridgehead atoms. The first kappa shape index (κ1) is 28.0. The van der Waals surface area contributed by atoms with E-state index in [1.54, 1.807) is 43.3 Å². The summed E-state index contributed by atoms with van der Waals surface area (Å²) in [6.45, 7) is 5.75. The van der Waals surface area contributed by atoms with Gasteiger partial charge in [-0.05, 0) is 76.9 Å². The van der Waals surface area contributed by atoms with E-state index in [9.17, 15) is 22.4 Å². The molecular weight excluding hydrogens is 572 g/mol. The number of hydrogen-bond acceptors (Lipinski definition) is 4. The molecule has 0 fully saturated rings. The number of nitrogens with one attached hydrogen (secondary N) is 1. The van der Waals surface area contributed by atoms with Crippen molar-refractivity contribution in [1.82, 2.24) is 10.2 Å². The standard InChI is InChI=1S/C24H31FIN3O4S/c1-5-22(24(31)27-14-17(2)3)28(15-18-6-8-19(25)9-7-18)23(30)16-29(34(4,32)33)21-12-10-20(26)11-13-21/h6-13,17,22H,5,14-16H2,1-4H3,(H,27,31)/t22-/m0/s1. The van der Waals surface area contributed by atoms with Gasteiger partial charge in [0.2, 0.25) is 21.8 Å². The third-order valence-corrected chi connectivity index (χ3v) is 6.99. The zero-order chi connectivity index (χ0) is 25.5. The smallest absolute Gasteiger partial charge is 0.244 e. The summed E-state index contributed by atoms with van der Waals surface area (Å²) in [5.74, 6) is -1.03. The van der Waals surface area contributed by atoms with Crippen molar-refractivity contribution < 1.29 is 22.4 Å². The lowest BCUT2D eigenvalue weighted by Crippen LogP contribution is -2.52. The SMILES string of the molecule is CC[C@@H](C(=O)NCC(C)C)N(Cc1ccc(F)cc1)C(=O)CN(c1ccc(I)cc1)S(C)(=O)=O. The predicted octanol–water partition coefficient (Wildman–Crippen LogP) is 3.78. The van der Waals surface area contributed by atoms with Crippen molar-refractivity contribution in [1.29, 1.82) is 0 Å². The number of amides is 2. The number of sulfonamides is 1. The minimum atomic E-state index is -3.78. The van der Waals surface area contributed by atoms with Crippen LogP contribution >= 0.6 is 22.6 Å². The molecule has 7 nitrogen and oxygen atoms in total. The fraction of sp³-hybridized carbons (Fsp3) is 0.417. The van der Waals surface area contributed by atoms with Crippen LogP contribution in [0.5, 0.6) is 0 Å². The van der Waals surface area contributed by atoms with Gasteiger partial charge in [-0.25, -0.2) is 12.8 Å². The van der Waals surface area contributed by atoms with Gasteiger partial charge in [0.25, 0.3) is 0 Å². The van der Waals surface area contributed by atoms with E-state index in [4.69, 9.17) is 0 Å². The van der Waals surface area contributed by atoms with Crippen molar-refractivity contribution >= 4 is 50.1 Å². The first-order chi connectivity index (χ1) is 15.9. The molecule has 0 aliphatic carbocycles. The lowest BCUT2D eigenvalue weighted by Gasteiger charge is -2.33. The molecule has 2 rings (SSSR count). The summed E-state index contributed by atoms with van der Waals surface area (Å²) >= 11 is 2.11. The molecule has 0 saturated heterocycles. The number of nitrogens with zero attached hydrogens (tertiary/aromatic N) is 2. The second-order valence-electron chi connectivity index (χ2n) is 8.46. The van der Waals surface area contributed by atoms with Gasteiger partial charge in [0, 0.05) is 16.7 Å². The van der Waals surface area contributed by atoms with Crippen LogP contribution in [-0.4, -0.2) is 50.5 Å². The first-order valence-corrected chi connectivity index (χ1v) is 13.9. The Bertz CT molecular complexity index is 1080. The van der Waals surface area contributed by atoms with E-state index >= 15 is 0 Å². The van der Waals surface area contributed by atoms with Gasteiger partial charge >= 0.3 is 0 Å². The Morgan fingerprint density at radius 2 is 1.65 bits per heavy atom. The molecule has 2 amide bonds. The van der Waals surface area contributed by atoms with E-state index in [0.717, 1.165) is 14.1 Å². The minimum Gasteiger partial charge on any atom is -0.354 e. The molecular formula is C24H31FIN3O4S. The summed E-state index contributed by atoms with van der Waals surface area (Å²) in [6, 6.07) is 11.6. The molecule has 0 saturated carbocycles. The number of hydrogen-bond donors (Lipinski definition) is 1. The number of carbonyl (C=O) groups is 2. The maximum Gasteiger partial charge on any atom is 0.244 e. The second-order valence-corrected chi connectivity index (χ2v) is 11.6. The highest BCUT2D eigenvalue weighted by Gasteiger charge is 2.31. The molecule has 2 aromatic carbocycles. The Hall–Kier alpha value is -2.21. The van der Waals surface area contributed by atoms with Gasteiger partial charge in [-0.3, -0.25) is 13.9 Å². The van der Waals surface area contributed by atoms with Crippen molar-refractivity contribution in [2.75, 3.05) is 23.7 Å². The Morgan fingerprint density at radius 3 is 2.15 bits per heavy atom. The lowest BCUT2D eigenvalue weighted by molar-refractivity contribution is -0.140. The Balaban J connectivity index is 2.39. The highest BCUT2D eigenvalue weighted by atomic mass is 127. The summed E-state index contributed by atoms with van der Waals surface area (Å²) in [4.78, 5) is 27.8. The minimum absolute atomic E-state index is 0.0387.